The van der Waals surface area contributed by atoms with Gasteiger partial charge in [0.2, 0.25) is 5.88 Å². The van der Waals surface area contributed by atoms with Gasteiger partial charge in [-0.3, -0.25) is 0 Å². The fourth-order valence-electron chi connectivity index (χ4n) is 1.51. The van der Waals surface area contributed by atoms with Crippen LogP contribution in [0.25, 0.3) is 5.82 Å². The second-order valence-corrected chi connectivity index (χ2v) is 5.69. The minimum absolute atomic E-state index is 0.149. The fraction of sp³-hybridized carbons (Fsp3) is 0.273. The summed E-state index contributed by atoms with van der Waals surface area (Å²) in [6.45, 7) is 3.16. The number of pyridine rings is 1. The Labute approximate surface area is 118 Å². The molecule has 0 saturated heterocycles. The molecule has 0 N–H and O–H groups in total. The van der Waals surface area contributed by atoms with Crippen LogP contribution < -0.4 is 4.18 Å². The second-order valence-electron chi connectivity index (χ2n) is 4.16. The van der Waals surface area contributed by atoms with Gasteiger partial charge < -0.3 is 4.18 Å². The number of aryl methyl sites for hydroxylation is 2. The van der Waals surface area contributed by atoms with Crippen LogP contribution in [0.4, 0.5) is 13.2 Å². The Morgan fingerprint density at radius 3 is 2.43 bits per heavy atom. The summed E-state index contributed by atoms with van der Waals surface area (Å²) in [6.07, 6.45) is 0. The predicted octanol–water partition coefficient (Wildman–Crippen LogP) is 2.11. The lowest BCUT2D eigenvalue weighted by Gasteiger charge is -2.10. The number of hydrogen-bond acceptors (Lipinski definition) is 5. The van der Waals surface area contributed by atoms with E-state index < -0.39 is 21.5 Å². The molecule has 2 rings (SSSR count). The average Bonchev–Trinajstić information content (AvgIpc) is 2.68. The highest BCUT2D eigenvalue weighted by Gasteiger charge is 2.49. The molecule has 0 radical (unpaired) electrons. The van der Waals surface area contributed by atoms with E-state index in [0.29, 0.717) is 5.69 Å². The van der Waals surface area contributed by atoms with Crippen LogP contribution >= 0.6 is 0 Å². The molecule has 0 unspecified atom stereocenters. The van der Waals surface area contributed by atoms with Crippen molar-refractivity contribution < 1.29 is 25.8 Å². The van der Waals surface area contributed by atoms with Gasteiger partial charge in [-0.05, 0) is 26.0 Å². The van der Waals surface area contributed by atoms with E-state index in [1.807, 2.05) is 0 Å². The molecule has 0 aromatic carbocycles. The molecule has 21 heavy (non-hydrogen) atoms. The first-order valence-corrected chi connectivity index (χ1v) is 7.02. The monoisotopic (exact) mass is 321 g/mol. The summed E-state index contributed by atoms with van der Waals surface area (Å²) in [6, 6.07) is 5.82. The summed E-state index contributed by atoms with van der Waals surface area (Å²) in [5, 5.41) is 3.89. The Hall–Kier alpha value is -2.10. The van der Waals surface area contributed by atoms with E-state index in [-0.39, 0.29) is 11.5 Å². The number of hydrogen-bond donors (Lipinski definition) is 0. The number of aromatic nitrogens is 3. The van der Waals surface area contributed by atoms with E-state index in [1.165, 1.54) is 13.0 Å². The summed E-state index contributed by atoms with van der Waals surface area (Å²) in [7, 11) is -5.77. The van der Waals surface area contributed by atoms with Gasteiger partial charge in [0.1, 0.15) is 0 Å². The lowest BCUT2D eigenvalue weighted by Crippen LogP contribution is -2.28. The van der Waals surface area contributed by atoms with Crippen LogP contribution in [0.1, 0.15) is 11.4 Å². The third-order valence-electron chi connectivity index (χ3n) is 2.37. The van der Waals surface area contributed by atoms with Crippen molar-refractivity contribution in [3.63, 3.8) is 0 Å². The highest BCUT2D eigenvalue weighted by molar-refractivity contribution is 7.87. The maximum atomic E-state index is 12.4. The number of halogens is 3. The van der Waals surface area contributed by atoms with Gasteiger partial charge in [0.05, 0.1) is 5.69 Å². The van der Waals surface area contributed by atoms with Gasteiger partial charge in [-0.1, -0.05) is 6.07 Å². The van der Waals surface area contributed by atoms with Gasteiger partial charge in [-0.2, -0.15) is 31.4 Å². The van der Waals surface area contributed by atoms with Crippen LogP contribution in [0.2, 0.25) is 0 Å². The molecule has 0 bridgehead atoms. The van der Waals surface area contributed by atoms with Gasteiger partial charge in [0.25, 0.3) is 0 Å². The molecule has 0 atom stereocenters. The van der Waals surface area contributed by atoms with Gasteiger partial charge in [-0.15, -0.1) is 0 Å². The van der Waals surface area contributed by atoms with Crippen LogP contribution in [0.5, 0.6) is 5.88 Å². The molecule has 114 valence electrons. The molecular weight excluding hydrogens is 311 g/mol. The minimum Gasteiger partial charge on any atom is -0.355 e. The second kappa shape index (κ2) is 5.02. The predicted molar refractivity (Wildman–Crippen MR) is 66.4 cm³/mol. The van der Waals surface area contributed by atoms with Crippen molar-refractivity contribution in [2.45, 2.75) is 19.4 Å². The Morgan fingerprint density at radius 2 is 1.86 bits per heavy atom. The highest BCUT2D eigenvalue weighted by atomic mass is 32.2. The van der Waals surface area contributed by atoms with Crippen LogP contribution in [-0.2, 0) is 10.1 Å². The summed E-state index contributed by atoms with van der Waals surface area (Å²) in [5.74, 6) is -0.432. The molecule has 2 aromatic heterocycles. The van der Waals surface area contributed by atoms with E-state index in [2.05, 4.69) is 14.3 Å². The van der Waals surface area contributed by atoms with E-state index in [4.69, 9.17) is 0 Å². The maximum absolute atomic E-state index is 12.4. The maximum Gasteiger partial charge on any atom is 0.534 e. The van der Waals surface area contributed by atoms with Crippen LogP contribution in [0.3, 0.4) is 0 Å². The first kappa shape index (κ1) is 15.3. The smallest absolute Gasteiger partial charge is 0.355 e. The summed E-state index contributed by atoms with van der Waals surface area (Å²) >= 11 is 0. The van der Waals surface area contributed by atoms with Crippen LogP contribution in [-0.4, -0.2) is 28.7 Å². The van der Waals surface area contributed by atoms with E-state index in [0.717, 1.165) is 10.7 Å². The molecule has 0 aliphatic rings. The van der Waals surface area contributed by atoms with Gasteiger partial charge in [0, 0.05) is 11.8 Å². The summed E-state index contributed by atoms with van der Waals surface area (Å²) < 4.78 is 64.3. The number of alkyl halides is 3. The molecule has 0 saturated carbocycles. The van der Waals surface area contributed by atoms with Gasteiger partial charge in [-0.25, -0.2) is 4.98 Å². The Balaban J connectivity index is 2.48. The van der Waals surface area contributed by atoms with Crippen molar-refractivity contribution in [3.8, 4) is 11.7 Å². The first-order valence-electron chi connectivity index (χ1n) is 5.61. The first-order chi connectivity index (χ1) is 9.60. The number of nitrogens with zero attached hydrogens (tertiary/aromatic N) is 3. The molecule has 0 spiro atoms. The van der Waals surface area contributed by atoms with Gasteiger partial charge >= 0.3 is 15.6 Å². The average molecular weight is 321 g/mol. The normalized spacial score (nSPS) is 12.4. The van der Waals surface area contributed by atoms with E-state index >= 15 is 0 Å². The third-order valence-corrected chi connectivity index (χ3v) is 3.33. The molecule has 2 aromatic rings. The zero-order valence-corrected chi connectivity index (χ0v) is 11.7. The third kappa shape index (κ3) is 3.15. The minimum atomic E-state index is -5.77. The van der Waals surface area contributed by atoms with Crippen molar-refractivity contribution >= 4 is 10.1 Å². The largest absolute Gasteiger partial charge is 0.534 e. The Kier molecular flexibility index (Phi) is 3.66. The molecule has 6 nitrogen and oxygen atoms in total. The molecule has 0 fully saturated rings. The Morgan fingerprint density at radius 1 is 1.19 bits per heavy atom. The Bertz CT molecular complexity index is 769. The van der Waals surface area contributed by atoms with Crippen molar-refractivity contribution in [2.24, 2.45) is 0 Å². The lowest BCUT2D eigenvalue weighted by atomic mass is 10.4. The molecule has 0 aliphatic carbocycles. The quantitative estimate of drug-likeness (QED) is 0.639. The standard InChI is InChI=1S/C11H10F3N3O3S/c1-7-4-3-5-9(15-7)17-10(6-8(2)16-17)20-21(18,19)11(12,13)14/h3-6H,1-2H3. The van der Waals surface area contributed by atoms with Crippen LogP contribution in [0.15, 0.2) is 24.3 Å². The summed E-state index contributed by atoms with van der Waals surface area (Å²) in [4.78, 5) is 4.05. The van der Waals surface area contributed by atoms with Crippen LogP contribution in [0, 0.1) is 13.8 Å². The lowest BCUT2D eigenvalue weighted by molar-refractivity contribution is -0.0502. The van der Waals surface area contributed by atoms with Gasteiger partial charge in [0.15, 0.2) is 5.82 Å². The topological polar surface area (TPSA) is 74.1 Å². The molecule has 10 heteroatoms. The zero-order chi connectivity index (χ0) is 15.8. The fourth-order valence-corrected chi connectivity index (χ4v) is 1.94. The SMILES string of the molecule is Cc1cccc(-n2nc(C)cc2OS(=O)(=O)C(F)(F)F)n1. The van der Waals surface area contributed by atoms with E-state index in [9.17, 15) is 21.6 Å². The highest BCUT2D eigenvalue weighted by Crippen LogP contribution is 2.28. The van der Waals surface area contributed by atoms with Crippen molar-refractivity contribution in [2.75, 3.05) is 0 Å². The van der Waals surface area contributed by atoms with Crippen molar-refractivity contribution in [3.05, 3.63) is 35.7 Å². The molecular formula is C11H10F3N3O3S. The zero-order valence-electron chi connectivity index (χ0n) is 10.9. The molecule has 0 amide bonds. The number of rotatable bonds is 3. The van der Waals surface area contributed by atoms with Crippen molar-refractivity contribution in [1.29, 1.82) is 0 Å². The molecule has 2 heterocycles. The summed E-state index contributed by atoms with van der Waals surface area (Å²) in [5.41, 5.74) is -4.65. The van der Waals surface area contributed by atoms with E-state index in [1.54, 1.807) is 19.1 Å². The van der Waals surface area contributed by atoms with Crippen molar-refractivity contribution in [1.82, 2.24) is 14.8 Å². The molecule has 0 aliphatic heterocycles.